The highest BCUT2D eigenvalue weighted by molar-refractivity contribution is 7.11. The average Bonchev–Trinajstić information content (AvgIpc) is 2.78. The molecule has 0 aliphatic rings. The molecule has 0 bridgehead atoms. The molecule has 2 aromatic rings. The second kappa shape index (κ2) is 5.99. The molecule has 0 spiro atoms. The van der Waals surface area contributed by atoms with Crippen LogP contribution in [-0.4, -0.2) is 33.7 Å². The fourth-order valence-electron chi connectivity index (χ4n) is 1.98. The standard InChI is InChI=1S/C13H18N4OS/c1-9(2)17(7-8-18)13-11(12(14)16-19-13)10-3-5-15-6-4-10/h3-6,9,18H,7-8H2,1-2H3,(H2,14,16). The molecule has 3 N–H and O–H groups in total. The molecule has 0 aliphatic heterocycles. The van der Waals surface area contributed by atoms with Gasteiger partial charge < -0.3 is 15.7 Å². The number of nitrogens with two attached hydrogens (primary N) is 1. The molecule has 2 rings (SSSR count). The van der Waals surface area contributed by atoms with Crippen molar-refractivity contribution in [3.05, 3.63) is 24.5 Å². The van der Waals surface area contributed by atoms with E-state index < -0.39 is 0 Å². The van der Waals surface area contributed by atoms with Gasteiger partial charge in [0.05, 0.1) is 12.2 Å². The number of hydrogen-bond acceptors (Lipinski definition) is 6. The molecule has 0 amide bonds. The van der Waals surface area contributed by atoms with Crippen LogP contribution in [0.5, 0.6) is 0 Å². The van der Waals surface area contributed by atoms with Crippen molar-refractivity contribution in [2.45, 2.75) is 19.9 Å². The van der Waals surface area contributed by atoms with E-state index in [2.05, 4.69) is 28.1 Å². The zero-order valence-corrected chi connectivity index (χ0v) is 11.9. The third kappa shape index (κ3) is 2.85. The summed E-state index contributed by atoms with van der Waals surface area (Å²) in [7, 11) is 0. The maximum absolute atomic E-state index is 9.22. The van der Waals surface area contributed by atoms with Crippen molar-refractivity contribution in [3.8, 4) is 11.1 Å². The highest BCUT2D eigenvalue weighted by atomic mass is 32.1. The number of aromatic nitrogens is 2. The Balaban J connectivity index is 2.47. The summed E-state index contributed by atoms with van der Waals surface area (Å²) >= 11 is 1.37. The lowest BCUT2D eigenvalue weighted by Gasteiger charge is -2.27. The van der Waals surface area contributed by atoms with Crippen LogP contribution in [0.1, 0.15) is 13.8 Å². The predicted octanol–water partition coefficient (Wildman–Crippen LogP) is 1.99. The largest absolute Gasteiger partial charge is 0.395 e. The van der Waals surface area contributed by atoms with Crippen LogP contribution < -0.4 is 10.6 Å². The number of aliphatic hydroxyl groups excluding tert-OH is 1. The van der Waals surface area contributed by atoms with Crippen molar-refractivity contribution in [3.63, 3.8) is 0 Å². The molecule has 102 valence electrons. The van der Waals surface area contributed by atoms with E-state index in [4.69, 9.17) is 5.73 Å². The summed E-state index contributed by atoms with van der Waals surface area (Å²) < 4.78 is 4.25. The van der Waals surface area contributed by atoms with Crippen molar-refractivity contribution >= 4 is 22.4 Å². The molecule has 6 heteroatoms. The summed E-state index contributed by atoms with van der Waals surface area (Å²) in [5.74, 6) is 0.523. The normalized spacial score (nSPS) is 10.9. The monoisotopic (exact) mass is 278 g/mol. The number of rotatable bonds is 5. The van der Waals surface area contributed by atoms with Gasteiger partial charge in [-0.1, -0.05) is 0 Å². The SMILES string of the molecule is CC(C)N(CCO)c1snc(N)c1-c1ccncc1. The summed E-state index contributed by atoms with van der Waals surface area (Å²) in [6.45, 7) is 4.84. The van der Waals surface area contributed by atoms with E-state index in [-0.39, 0.29) is 12.6 Å². The predicted molar refractivity (Wildman–Crippen MR) is 79.3 cm³/mol. The van der Waals surface area contributed by atoms with Crippen LogP contribution in [0.15, 0.2) is 24.5 Å². The Labute approximate surface area is 116 Å². The van der Waals surface area contributed by atoms with Crippen LogP contribution in [0.3, 0.4) is 0 Å². The molecule has 0 unspecified atom stereocenters. The lowest BCUT2D eigenvalue weighted by molar-refractivity contribution is 0.299. The molecule has 2 heterocycles. The van der Waals surface area contributed by atoms with E-state index >= 15 is 0 Å². The van der Waals surface area contributed by atoms with Gasteiger partial charge in [0.15, 0.2) is 0 Å². The fourth-order valence-corrected chi connectivity index (χ4v) is 2.98. The first-order valence-corrected chi connectivity index (χ1v) is 6.95. The number of nitrogens with zero attached hydrogens (tertiary/aromatic N) is 3. The lowest BCUT2D eigenvalue weighted by atomic mass is 10.1. The summed E-state index contributed by atoms with van der Waals surface area (Å²) in [5, 5.41) is 10.2. The Hall–Kier alpha value is -1.66. The summed E-state index contributed by atoms with van der Waals surface area (Å²) in [6, 6.07) is 4.11. The van der Waals surface area contributed by atoms with E-state index in [1.807, 2.05) is 12.1 Å². The van der Waals surface area contributed by atoms with Gasteiger partial charge in [0.25, 0.3) is 0 Å². The van der Waals surface area contributed by atoms with E-state index in [9.17, 15) is 5.11 Å². The van der Waals surface area contributed by atoms with Crippen molar-refractivity contribution in [2.24, 2.45) is 0 Å². The minimum absolute atomic E-state index is 0.103. The Bertz CT molecular complexity index is 527. The Morgan fingerprint density at radius 3 is 2.63 bits per heavy atom. The number of pyridine rings is 1. The molecule has 0 atom stereocenters. The lowest BCUT2D eigenvalue weighted by Crippen LogP contribution is -2.33. The minimum Gasteiger partial charge on any atom is -0.395 e. The van der Waals surface area contributed by atoms with Gasteiger partial charge in [-0.15, -0.1) is 0 Å². The van der Waals surface area contributed by atoms with Crippen LogP contribution in [0.2, 0.25) is 0 Å². The van der Waals surface area contributed by atoms with Crippen LogP contribution in [0.25, 0.3) is 11.1 Å². The molecule has 0 saturated carbocycles. The Kier molecular flexibility index (Phi) is 4.34. The van der Waals surface area contributed by atoms with Crippen LogP contribution >= 0.6 is 11.5 Å². The van der Waals surface area contributed by atoms with Gasteiger partial charge in [-0.2, -0.15) is 4.37 Å². The Morgan fingerprint density at radius 2 is 2.05 bits per heavy atom. The van der Waals surface area contributed by atoms with Crippen molar-refractivity contribution in [1.82, 2.24) is 9.36 Å². The summed E-state index contributed by atoms with van der Waals surface area (Å²) in [4.78, 5) is 6.13. The van der Waals surface area contributed by atoms with Crippen LogP contribution in [0.4, 0.5) is 10.8 Å². The number of aliphatic hydroxyl groups is 1. The van der Waals surface area contributed by atoms with Crippen molar-refractivity contribution in [1.29, 1.82) is 0 Å². The fraction of sp³-hybridized carbons (Fsp3) is 0.385. The topological polar surface area (TPSA) is 75.3 Å². The molecule has 0 fully saturated rings. The highest BCUT2D eigenvalue weighted by Gasteiger charge is 2.20. The zero-order valence-electron chi connectivity index (χ0n) is 11.1. The zero-order chi connectivity index (χ0) is 13.8. The van der Waals surface area contributed by atoms with Gasteiger partial charge in [-0.3, -0.25) is 4.98 Å². The smallest absolute Gasteiger partial charge is 0.147 e. The third-order valence-electron chi connectivity index (χ3n) is 2.89. The average molecular weight is 278 g/mol. The van der Waals surface area contributed by atoms with Gasteiger partial charge in [0.2, 0.25) is 0 Å². The first-order chi connectivity index (χ1) is 9.15. The van der Waals surface area contributed by atoms with Gasteiger partial charge in [-0.25, -0.2) is 0 Å². The quantitative estimate of drug-likeness (QED) is 0.875. The molecular formula is C13H18N4OS. The molecule has 5 nitrogen and oxygen atoms in total. The van der Waals surface area contributed by atoms with Crippen LogP contribution in [0, 0.1) is 0 Å². The van der Waals surface area contributed by atoms with Crippen LogP contribution in [-0.2, 0) is 0 Å². The first kappa shape index (κ1) is 13.8. The molecule has 19 heavy (non-hydrogen) atoms. The molecule has 0 radical (unpaired) electrons. The summed E-state index contributed by atoms with van der Waals surface area (Å²) in [5.41, 5.74) is 7.92. The Morgan fingerprint density at radius 1 is 1.37 bits per heavy atom. The molecular weight excluding hydrogens is 260 g/mol. The molecule has 0 aromatic carbocycles. The maximum Gasteiger partial charge on any atom is 0.147 e. The highest BCUT2D eigenvalue weighted by Crippen LogP contribution is 2.39. The second-order valence-electron chi connectivity index (χ2n) is 4.49. The molecule has 2 aromatic heterocycles. The second-order valence-corrected chi connectivity index (χ2v) is 5.25. The van der Waals surface area contributed by atoms with E-state index in [0.717, 1.165) is 16.1 Å². The van der Waals surface area contributed by atoms with Gasteiger partial charge >= 0.3 is 0 Å². The maximum atomic E-state index is 9.22. The van der Waals surface area contributed by atoms with Crippen molar-refractivity contribution < 1.29 is 5.11 Å². The number of hydrogen-bond donors (Lipinski definition) is 2. The summed E-state index contributed by atoms with van der Waals surface area (Å²) in [6.07, 6.45) is 3.48. The number of anilines is 2. The van der Waals surface area contributed by atoms with Gasteiger partial charge in [0.1, 0.15) is 10.8 Å². The van der Waals surface area contributed by atoms with Gasteiger partial charge in [0, 0.05) is 25.0 Å². The van der Waals surface area contributed by atoms with Gasteiger partial charge in [-0.05, 0) is 43.1 Å². The third-order valence-corrected chi connectivity index (χ3v) is 3.79. The van der Waals surface area contributed by atoms with E-state index in [0.29, 0.717) is 12.4 Å². The van der Waals surface area contributed by atoms with Crippen molar-refractivity contribution in [2.75, 3.05) is 23.8 Å². The van der Waals surface area contributed by atoms with E-state index in [1.54, 1.807) is 12.4 Å². The molecule has 0 aliphatic carbocycles. The molecule has 0 saturated heterocycles. The van der Waals surface area contributed by atoms with E-state index in [1.165, 1.54) is 11.5 Å². The first-order valence-electron chi connectivity index (χ1n) is 6.18. The number of nitrogen functional groups attached to an aromatic ring is 1. The minimum atomic E-state index is 0.103.